The van der Waals surface area contributed by atoms with E-state index in [4.69, 9.17) is 28.9 Å². The van der Waals surface area contributed by atoms with Crippen molar-refractivity contribution in [3.05, 3.63) is 58.6 Å². The van der Waals surface area contributed by atoms with Crippen LogP contribution in [-0.2, 0) is 9.59 Å². The third kappa shape index (κ3) is 5.45. The first-order valence-electron chi connectivity index (χ1n) is 8.20. The fourth-order valence-electron chi connectivity index (χ4n) is 2.45. The van der Waals surface area contributed by atoms with E-state index in [2.05, 4.69) is 25.9 Å². The maximum atomic E-state index is 12.2. The summed E-state index contributed by atoms with van der Waals surface area (Å²) in [5.41, 5.74) is 6.98. The number of nitrogens with zero attached hydrogens (tertiary/aromatic N) is 2. The summed E-state index contributed by atoms with van der Waals surface area (Å²) in [5, 5.41) is 8.77. The summed E-state index contributed by atoms with van der Waals surface area (Å²) in [7, 11) is 0. The first-order chi connectivity index (χ1) is 13.4. The molecule has 2 aromatic carbocycles. The lowest BCUT2D eigenvalue weighted by atomic mass is 10.2. The Morgan fingerprint density at radius 3 is 2.46 bits per heavy atom. The molecule has 144 valence electrons. The standard InChI is InChI=1S/C18H16Cl2N6O2/c19-10-6-11(20)8-13(7-10)22-15(27)9-14-16(28)25-18(24-14)26-17(21)23-12-4-2-1-3-5-12/h1-8,14H,9H2,(H,22,27)(H4,21,23,24,25,26,28). The number of hydrogen-bond acceptors (Lipinski definition) is 4. The Bertz CT molecular complexity index is 942. The number of anilines is 2. The summed E-state index contributed by atoms with van der Waals surface area (Å²) in [6.07, 6.45) is -0.166. The van der Waals surface area contributed by atoms with Gasteiger partial charge in [-0.3, -0.25) is 14.9 Å². The quantitative estimate of drug-likeness (QED) is 0.450. The number of rotatable bonds is 4. The third-order valence-electron chi connectivity index (χ3n) is 3.61. The summed E-state index contributed by atoms with van der Waals surface area (Å²) in [6.45, 7) is 0. The minimum absolute atomic E-state index is 0.0366. The smallest absolute Gasteiger partial charge is 0.252 e. The SMILES string of the molecule is NC(=NC1=NC(CC(=O)Nc2cc(Cl)cc(Cl)c2)C(=O)N1)Nc1ccccc1. The predicted molar refractivity (Wildman–Crippen MR) is 111 cm³/mol. The Morgan fingerprint density at radius 2 is 1.79 bits per heavy atom. The maximum absolute atomic E-state index is 12.2. The molecule has 0 saturated carbocycles. The fraction of sp³-hybridized carbons (Fsp3) is 0.111. The van der Waals surface area contributed by atoms with Gasteiger partial charge in [0.05, 0.1) is 6.42 Å². The molecular weight excluding hydrogens is 403 g/mol. The summed E-state index contributed by atoms with van der Waals surface area (Å²) in [6, 6.07) is 12.9. The van der Waals surface area contributed by atoms with Gasteiger partial charge in [-0.1, -0.05) is 41.4 Å². The average molecular weight is 419 g/mol. The number of halogens is 2. The Kier molecular flexibility index (Phi) is 6.13. The zero-order chi connectivity index (χ0) is 20.1. The van der Waals surface area contributed by atoms with Crippen molar-refractivity contribution in [3.63, 3.8) is 0 Å². The van der Waals surface area contributed by atoms with E-state index in [-0.39, 0.29) is 18.3 Å². The van der Waals surface area contributed by atoms with Gasteiger partial charge in [0.25, 0.3) is 5.91 Å². The molecule has 1 atom stereocenters. The van der Waals surface area contributed by atoms with E-state index in [0.29, 0.717) is 15.7 Å². The number of para-hydroxylation sites is 1. The van der Waals surface area contributed by atoms with Crippen molar-refractivity contribution in [1.82, 2.24) is 5.32 Å². The molecule has 28 heavy (non-hydrogen) atoms. The van der Waals surface area contributed by atoms with E-state index in [1.807, 2.05) is 30.3 Å². The Balaban J connectivity index is 1.61. The second kappa shape index (κ2) is 8.73. The van der Waals surface area contributed by atoms with Crippen molar-refractivity contribution >= 4 is 58.3 Å². The van der Waals surface area contributed by atoms with E-state index >= 15 is 0 Å². The Hall–Kier alpha value is -3.10. The molecule has 8 nitrogen and oxygen atoms in total. The van der Waals surface area contributed by atoms with E-state index in [1.54, 1.807) is 18.2 Å². The van der Waals surface area contributed by atoms with Crippen molar-refractivity contribution < 1.29 is 9.59 Å². The number of carbonyl (C=O) groups excluding carboxylic acids is 2. The molecule has 0 saturated heterocycles. The van der Waals surface area contributed by atoms with E-state index in [0.717, 1.165) is 5.69 Å². The van der Waals surface area contributed by atoms with Crippen LogP contribution in [0.25, 0.3) is 0 Å². The first-order valence-corrected chi connectivity index (χ1v) is 8.95. The first kappa shape index (κ1) is 19.7. The molecule has 1 aliphatic heterocycles. The topological polar surface area (TPSA) is 121 Å². The van der Waals surface area contributed by atoms with Crippen LogP contribution in [0.5, 0.6) is 0 Å². The van der Waals surface area contributed by atoms with E-state index < -0.39 is 17.9 Å². The van der Waals surface area contributed by atoms with Crippen LogP contribution >= 0.6 is 23.2 Å². The second-order valence-electron chi connectivity index (χ2n) is 5.86. The summed E-state index contributed by atoms with van der Waals surface area (Å²) < 4.78 is 0. The van der Waals surface area contributed by atoms with Crippen LogP contribution in [-0.4, -0.2) is 29.8 Å². The second-order valence-corrected chi connectivity index (χ2v) is 6.73. The van der Waals surface area contributed by atoms with Crippen LogP contribution in [0.3, 0.4) is 0 Å². The summed E-state index contributed by atoms with van der Waals surface area (Å²) in [5.74, 6) is -0.758. The van der Waals surface area contributed by atoms with E-state index in [1.165, 1.54) is 0 Å². The van der Waals surface area contributed by atoms with Gasteiger partial charge in [-0.2, -0.15) is 4.99 Å². The lowest BCUT2D eigenvalue weighted by Crippen LogP contribution is -2.32. The van der Waals surface area contributed by atoms with Crippen molar-refractivity contribution in [2.45, 2.75) is 12.5 Å². The van der Waals surface area contributed by atoms with Gasteiger partial charge in [-0.25, -0.2) is 4.99 Å². The summed E-state index contributed by atoms with van der Waals surface area (Å²) in [4.78, 5) is 32.4. The van der Waals surface area contributed by atoms with Crippen LogP contribution in [0.15, 0.2) is 58.5 Å². The highest BCUT2D eigenvalue weighted by Crippen LogP contribution is 2.22. The molecule has 10 heteroatoms. The highest BCUT2D eigenvalue weighted by Gasteiger charge is 2.28. The van der Waals surface area contributed by atoms with E-state index in [9.17, 15) is 9.59 Å². The molecule has 0 aliphatic carbocycles. The van der Waals surface area contributed by atoms with Crippen molar-refractivity contribution in [2.24, 2.45) is 15.7 Å². The van der Waals surface area contributed by atoms with Crippen LogP contribution in [0, 0.1) is 0 Å². The van der Waals surface area contributed by atoms with Crippen LogP contribution in [0.2, 0.25) is 10.0 Å². The van der Waals surface area contributed by atoms with Gasteiger partial charge in [0, 0.05) is 21.4 Å². The molecule has 0 aromatic heterocycles. The van der Waals surface area contributed by atoms with Crippen molar-refractivity contribution in [1.29, 1.82) is 0 Å². The van der Waals surface area contributed by atoms with Gasteiger partial charge in [0.1, 0.15) is 6.04 Å². The van der Waals surface area contributed by atoms with Crippen molar-refractivity contribution in [2.75, 3.05) is 10.6 Å². The van der Waals surface area contributed by atoms with Crippen LogP contribution < -0.4 is 21.7 Å². The lowest BCUT2D eigenvalue weighted by molar-refractivity contribution is -0.123. The number of nitrogens with two attached hydrogens (primary N) is 1. The van der Waals surface area contributed by atoms with Crippen molar-refractivity contribution in [3.8, 4) is 0 Å². The fourth-order valence-corrected chi connectivity index (χ4v) is 2.98. The van der Waals surface area contributed by atoms with Gasteiger partial charge in [0.2, 0.25) is 17.8 Å². The molecule has 0 bridgehead atoms. The zero-order valence-electron chi connectivity index (χ0n) is 14.4. The molecule has 2 amide bonds. The van der Waals surface area contributed by atoms with Crippen LogP contribution in [0.1, 0.15) is 6.42 Å². The lowest BCUT2D eigenvalue weighted by Gasteiger charge is -2.07. The molecule has 1 heterocycles. The molecule has 1 unspecified atom stereocenters. The number of hydrogen-bond donors (Lipinski definition) is 4. The molecule has 1 aliphatic rings. The van der Waals surface area contributed by atoms with Gasteiger partial charge >= 0.3 is 0 Å². The van der Waals surface area contributed by atoms with Gasteiger partial charge in [-0.15, -0.1) is 0 Å². The average Bonchev–Trinajstić information content (AvgIpc) is 2.93. The molecule has 3 rings (SSSR count). The number of benzene rings is 2. The minimum Gasteiger partial charge on any atom is -0.369 e. The minimum atomic E-state index is -0.905. The normalized spacial score (nSPS) is 16.4. The number of amides is 2. The van der Waals surface area contributed by atoms with Gasteiger partial charge < -0.3 is 16.4 Å². The maximum Gasteiger partial charge on any atom is 0.252 e. The highest BCUT2D eigenvalue weighted by atomic mass is 35.5. The number of aliphatic imine (C=N–C) groups is 2. The Morgan fingerprint density at radius 1 is 1.11 bits per heavy atom. The largest absolute Gasteiger partial charge is 0.369 e. The van der Waals surface area contributed by atoms with Gasteiger partial charge in [-0.05, 0) is 30.3 Å². The predicted octanol–water partition coefficient (Wildman–Crippen LogP) is 2.60. The number of guanidine groups is 2. The molecule has 0 spiro atoms. The number of carbonyl (C=O) groups is 2. The Labute approximate surface area is 170 Å². The van der Waals surface area contributed by atoms with Crippen LogP contribution in [0.4, 0.5) is 11.4 Å². The zero-order valence-corrected chi connectivity index (χ0v) is 16.0. The molecular formula is C18H16Cl2N6O2. The molecule has 0 fully saturated rings. The summed E-state index contributed by atoms with van der Waals surface area (Å²) >= 11 is 11.8. The molecule has 0 radical (unpaired) electrons. The van der Waals surface area contributed by atoms with Gasteiger partial charge in [0.15, 0.2) is 0 Å². The third-order valence-corrected chi connectivity index (χ3v) is 4.05. The molecule has 5 N–H and O–H groups in total. The number of nitrogens with one attached hydrogen (secondary N) is 3. The highest BCUT2D eigenvalue weighted by molar-refractivity contribution is 6.35. The monoisotopic (exact) mass is 418 g/mol. The molecule has 2 aromatic rings.